The van der Waals surface area contributed by atoms with E-state index in [1.54, 1.807) is 35.9 Å². The summed E-state index contributed by atoms with van der Waals surface area (Å²) in [6.45, 7) is -0.0321. The number of urea groups is 1. The number of alkyl halides is 3. The van der Waals surface area contributed by atoms with Gasteiger partial charge in [0.15, 0.2) is 0 Å². The molecule has 8 nitrogen and oxygen atoms in total. The topological polar surface area (TPSA) is 89.8 Å². The Morgan fingerprint density at radius 2 is 1.86 bits per heavy atom. The van der Waals surface area contributed by atoms with Gasteiger partial charge in [0.25, 0.3) is 0 Å². The molecule has 0 atom stereocenters. The second-order valence-corrected chi connectivity index (χ2v) is 8.60. The first-order valence-electron chi connectivity index (χ1n) is 11.7. The highest BCUT2D eigenvalue weighted by molar-refractivity contribution is 5.90. The maximum absolute atomic E-state index is 12.3. The van der Waals surface area contributed by atoms with Crippen molar-refractivity contribution < 1.29 is 27.4 Å². The Hall–Kier alpha value is -4.12. The maximum Gasteiger partial charge on any atom is 0.405 e. The predicted octanol–water partition coefficient (Wildman–Crippen LogP) is 5.30. The van der Waals surface area contributed by atoms with E-state index in [1.165, 1.54) is 0 Å². The second kappa shape index (κ2) is 10.5. The average Bonchev–Trinajstić information content (AvgIpc) is 3.31. The van der Waals surface area contributed by atoms with Gasteiger partial charge in [-0.05, 0) is 41.5 Å². The zero-order valence-corrected chi connectivity index (χ0v) is 19.7. The number of imidazole rings is 1. The number of carbonyl (C=O) groups is 1. The summed E-state index contributed by atoms with van der Waals surface area (Å²) in [5.74, 6) is 0.567. The van der Waals surface area contributed by atoms with Crippen molar-refractivity contribution in [3.05, 3.63) is 67.1 Å². The third kappa shape index (κ3) is 6.18. The smallest absolute Gasteiger partial charge is 0.405 e. The standard InChI is InChI=1S/C26H24F3N5O3/c27-26(28,29)16-32-25(35)33-20-3-1-2-19(12-20)22-15-31-23-13-18(5-9-34(22)23)17-4-8-30-24(14-17)37-21-6-10-36-11-7-21/h1-5,8-9,12-15,21H,6-7,10-11,16H2,(H2,32,33,35). The van der Waals surface area contributed by atoms with Crippen LogP contribution in [-0.2, 0) is 4.74 Å². The van der Waals surface area contributed by atoms with Crippen molar-refractivity contribution in [3.63, 3.8) is 0 Å². The third-order valence-electron chi connectivity index (χ3n) is 5.90. The molecule has 37 heavy (non-hydrogen) atoms. The van der Waals surface area contributed by atoms with E-state index in [0.29, 0.717) is 30.4 Å². The minimum Gasteiger partial charge on any atom is -0.474 e. The third-order valence-corrected chi connectivity index (χ3v) is 5.90. The summed E-state index contributed by atoms with van der Waals surface area (Å²) in [4.78, 5) is 20.7. The van der Waals surface area contributed by atoms with Crippen LogP contribution in [0.1, 0.15) is 12.8 Å². The summed E-state index contributed by atoms with van der Waals surface area (Å²) < 4.78 is 50.3. The molecule has 1 aliphatic heterocycles. The lowest BCUT2D eigenvalue weighted by Crippen LogP contribution is -2.36. The Labute approximate surface area is 210 Å². The lowest BCUT2D eigenvalue weighted by molar-refractivity contribution is -0.122. The number of amides is 2. The lowest BCUT2D eigenvalue weighted by Gasteiger charge is -2.22. The SMILES string of the molecule is O=C(NCC(F)(F)F)Nc1cccc(-c2cnc3cc(-c4ccnc(OC5CCOCC5)c4)ccn23)c1. The van der Waals surface area contributed by atoms with Gasteiger partial charge < -0.3 is 20.1 Å². The van der Waals surface area contributed by atoms with Gasteiger partial charge in [-0.15, -0.1) is 0 Å². The van der Waals surface area contributed by atoms with Crippen LogP contribution in [0.5, 0.6) is 5.88 Å². The van der Waals surface area contributed by atoms with Gasteiger partial charge in [0.1, 0.15) is 18.3 Å². The van der Waals surface area contributed by atoms with E-state index in [1.807, 2.05) is 40.9 Å². The number of benzene rings is 1. The molecule has 5 rings (SSSR count). The van der Waals surface area contributed by atoms with Crippen molar-refractivity contribution in [3.8, 4) is 28.3 Å². The van der Waals surface area contributed by atoms with Gasteiger partial charge in [-0.25, -0.2) is 14.8 Å². The number of hydrogen-bond donors (Lipinski definition) is 2. The minimum atomic E-state index is -4.48. The Morgan fingerprint density at radius 1 is 1.05 bits per heavy atom. The van der Waals surface area contributed by atoms with Crippen molar-refractivity contribution in [2.75, 3.05) is 25.1 Å². The largest absolute Gasteiger partial charge is 0.474 e. The van der Waals surface area contributed by atoms with Gasteiger partial charge in [-0.2, -0.15) is 13.2 Å². The fourth-order valence-electron chi connectivity index (χ4n) is 4.10. The number of carbonyl (C=O) groups excluding carboxylic acids is 1. The number of fused-ring (bicyclic) bond motifs is 1. The number of nitrogens with zero attached hydrogens (tertiary/aromatic N) is 3. The molecule has 4 aromatic rings. The molecule has 2 N–H and O–H groups in total. The highest BCUT2D eigenvalue weighted by Crippen LogP contribution is 2.28. The number of aromatic nitrogens is 3. The van der Waals surface area contributed by atoms with Crippen molar-refractivity contribution in [1.29, 1.82) is 0 Å². The molecule has 0 aliphatic carbocycles. The van der Waals surface area contributed by atoms with Gasteiger partial charge in [0.05, 0.1) is 25.1 Å². The Kier molecular flexibility index (Phi) is 6.95. The molecule has 1 saturated heterocycles. The van der Waals surface area contributed by atoms with Gasteiger partial charge in [-0.1, -0.05) is 12.1 Å². The molecule has 3 aromatic heterocycles. The number of ether oxygens (including phenoxy) is 2. The summed E-state index contributed by atoms with van der Waals surface area (Å²) in [6.07, 6.45) is 2.60. The first-order chi connectivity index (χ1) is 17.8. The molecular formula is C26H24F3N5O3. The van der Waals surface area contributed by atoms with Crippen molar-refractivity contribution in [2.45, 2.75) is 25.1 Å². The molecule has 0 saturated carbocycles. The average molecular weight is 512 g/mol. The van der Waals surface area contributed by atoms with Crippen LogP contribution in [0.4, 0.5) is 23.7 Å². The van der Waals surface area contributed by atoms with Crippen LogP contribution in [-0.4, -0.2) is 52.4 Å². The van der Waals surface area contributed by atoms with Crippen LogP contribution in [0.2, 0.25) is 0 Å². The monoisotopic (exact) mass is 511 g/mol. The van der Waals surface area contributed by atoms with Gasteiger partial charge in [0, 0.05) is 42.6 Å². The summed E-state index contributed by atoms with van der Waals surface area (Å²) in [6, 6.07) is 13.6. The first kappa shape index (κ1) is 24.6. The fourth-order valence-corrected chi connectivity index (χ4v) is 4.10. The van der Waals surface area contributed by atoms with E-state index < -0.39 is 18.8 Å². The number of pyridine rings is 2. The number of nitrogens with one attached hydrogen (secondary N) is 2. The Balaban J connectivity index is 1.33. The Bertz CT molecular complexity index is 1400. The van der Waals surface area contributed by atoms with Crippen LogP contribution in [0.25, 0.3) is 28.0 Å². The molecule has 0 unspecified atom stereocenters. The second-order valence-electron chi connectivity index (χ2n) is 8.60. The quantitative estimate of drug-likeness (QED) is 0.367. The lowest BCUT2D eigenvalue weighted by atomic mass is 10.1. The first-order valence-corrected chi connectivity index (χ1v) is 11.7. The highest BCUT2D eigenvalue weighted by Gasteiger charge is 2.27. The van der Waals surface area contributed by atoms with Crippen molar-refractivity contribution in [1.82, 2.24) is 19.7 Å². The summed E-state index contributed by atoms with van der Waals surface area (Å²) >= 11 is 0. The fraction of sp³-hybridized carbons (Fsp3) is 0.269. The molecule has 11 heteroatoms. The van der Waals surface area contributed by atoms with Crippen molar-refractivity contribution >= 4 is 17.4 Å². The van der Waals surface area contributed by atoms with Crippen LogP contribution in [0, 0.1) is 0 Å². The molecule has 2 amide bonds. The molecule has 0 bridgehead atoms. The van der Waals surface area contributed by atoms with E-state index in [0.717, 1.165) is 35.2 Å². The molecular weight excluding hydrogens is 487 g/mol. The summed E-state index contributed by atoms with van der Waals surface area (Å²) in [5, 5.41) is 4.22. The maximum atomic E-state index is 12.3. The molecule has 192 valence electrons. The number of halogens is 3. The van der Waals surface area contributed by atoms with Crippen LogP contribution < -0.4 is 15.4 Å². The molecule has 0 spiro atoms. The van der Waals surface area contributed by atoms with E-state index in [9.17, 15) is 18.0 Å². The zero-order chi connectivity index (χ0) is 25.8. The molecule has 0 radical (unpaired) electrons. The van der Waals surface area contributed by atoms with Gasteiger partial charge >= 0.3 is 12.2 Å². The van der Waals surface area contributed by atoms with E-state index in [-0.39, 0.29) is 6.10 Å². The van der Waals surface area contributed by atoms with Crippen molar-refractivity contribution in [2.24, 2.45) is 0 Å². The normalized spacial score (nSPS) is 14.5. The minimum absolute atomic E-state index is 0.0924. The molecule has 1 fully saturated rings. The predicted molar refractivity (Wildman–Crippen MR) is 131 cm³/mol. The summed E-state index contributed by atoms with van der Waals surface area (Å²) in [5.41, 5.74) is 4.46. The van der Waals surface area contributed by atoms with Crippen LogP contribution in [0.3, 0.4) is 0 Å². The van der Waals surface area contributed by atoms with Gasteiger partial charge in [-0.3, -0.25) is 4.40 Å². The molecule has 1 aromatic carbocycles. The zero-order valence-electron chi connectivity index (χ0n) is 19.7. The number of anilines is 1. The van der Waals surface area contributed by atoms with Gasteiger partial charge in [0.2, 0.25) is 5.88 Å². The van der Waals surface area contributed by atoms with Crippen LogP contribution in [0.15, 0.2) is 67.1 Å². The highest BCUT2D eigenvalue weighted by atomic mass is 19.4. The Morgan fingerprint density at radius 3 is 2.68 bits per heavy atom. The number of hydrogen-bond acceptors (Lipinski definition) is 5. The van der Waals surface area contributed by atoms with Crippen LogP contribution >= 0.6 is 0 Å². The van der Waals surface area contributed by atoms with E-state index >= 15 is 0 Å². The van der Waals surface area contributed by atoms with E-state index in [2.05, 4.69) is 15.3 Å². The molecule has 1 aliphatic rings. The molecule has 4 heterocycles. The van der Waals surface area contributed by atoms with E-state index in [4.69, 9.17) is 9.47 Å². The summed E-state index contributed by atoms with van der Waals surface area (Å²) in [7, 11) is 0. The number of rotatable bonds is 6.